The highest BCUT2D eigenvalue weighted by Crippen LogP contribution is 2.26. The lowest BCUT2D eigenvalue weighted by Gasteiger charge is -2.42. The first-order valence-electron chi connectivity index (χ1n) is 8.83. The van der Waals surface area contributed by atoms with Crippen LogP contribution in [0.3, 0.4) is 0 Å². The van der Waals surface area contributed by atoms with Gasteiger partial charge in [0.15, 0.2) is 0 Å². The molecule has 0 atom stereocenters. The molecule has 144 valence electrons. The zero-order valence-corrected chi connectivity index (χ0v) is 15.3. The predicted molar refractivity (Wildman–Crippen MR) is 97.7 cm³/mol. The number of hydrogen-bond acceptors (Lipinski definition) is 6. The molecule has 27 heavy (non-hydrogen) atoms. The lowest BCUT2D eigenvalue weighted by Crippen LogP contribution is -2.55. The number of likely N-dealkylation sites (N-methyl/N-ethyl adjacent to an activating group) is 1. The van der Waals surface area contributed by atoms with Crippen molar-refractivity contribution in [1.29, 1.82) is 0 Å². The van der Waals surface area contributed by atoms with E-state index in [2.05, 4.69) is 26.2 Å². The Morgan fingerprint density at radius 3 is 2.78 bits per heavy atom. The number of nitrogens with one attached hydrogen (secondary N) is 2. The molecule has 1 aromatic heterocycles. The van der Waals surface area contributed by atoms with Gasteiger partial charge in [0.2, 0.25) is 0 Å². The molecule has 2 aromatic rings. The van der Waals surface area contributed by atoms with Gasteiger partial charge in [0.1, 0.15) is 6.33 Å². The Balaban J connectivity index is 1.52. The van der Waals surface area contributed by atoms with Gasteiger partial charge in [-0.15, -0.1) is 5.10 Å². The van der Waals surface area contributed by atoms with Crippen LogP contribution in [0.1, 0.15) is 25.3 Å². The number of nitrogens with zero attached hydrogens (tertiary/aromatic N) is 5. The van der Waals surface area contributed by atoms with E-state index in [0.29, 0.717) is 12.2 Å². The molecule has 1 aliphatic carbocycles. The van der Waals surface area contributed by atoms with E-state index in [1.807, 2.05) is 30.9 Å². The number of aromatic nitrogens is 4. The van der Waals surface area contributed by atoms with Gasteiger partial charge in [-0.2, -0.15) is 0 Å². The molecule has 3 N–H and O–H groups in total. The van der Waals surface area contributed by atoms with E-state index < -0.39 is 5.97 Å². The van der Waals surface area contributed by atoms with E-state index in [1.54, 1.807) is 6.07 Å². The van der Waals surface area contributed by atoms with Gasteiger partial charge in [0.25, 0.3) is 0 Å². The maximum Gasteiger partial charge on any atom is 0.319 e. The molecule has 0 aliphatic heterocycles. The summed E-state index contributed by atoms with van der Waals surface area (Å²) in [7, 11) is 0. The first-order chi connectivity index (χ1) is 13.0. The van der Waals surface area contributed by atoms with E-state index in [9.17, 15) is 9.59 Å². The summed E-state index contributed by atoms with van der Waals surface area (Å²) in [5.74, 6) is -0.830. The maximum atomic E-state index is 12.2. The Bertz CT molecular complexity index is 803. The fourth-order valence-corrected chi connectivity index (χ4v) is 3.23. The molecule has 1 fully saturated rings. The number of rotatable bonds is 7. The number of carbonyl (C=O) groups is 2. The number of tetrazole rings is 1. The summed E-state index contributed by atoms with van der Waals surface area (Å²) in [4.78, 5) is 25.0. The number of aryl methyl sites for hydroxylation is 1. The lowest BCUT2D eigenvalue weighted by atomic mass is 9.85. The predicted octanol–water partition coefficient (Wildman–Crippen LogP) is 1.03. The molecule has 2 amide bonds. The summed E-state index contributed by atoms with van der Waals surface area (Å²) in [6.07, 6.45) is 2.99. The second-order valence-corrected chi connectivity index (χ2v) is 6.63. The highest BCUT2D eigenvalue weighted by molar-refractivity contribution is 5.90. The molecule has 1 aromatic carbocycles. The summed E-state index contributed by atoms with van der Waals surface area (Å²) in [5, 5.41) is 25.8. The van der Waals surface area contributed by atoms with Gasteiger partial charge in [-0.1, -0.05) is 13.0 Å². The number of carboxylic acids is 1. The molecule has 10 nitrogen and oxygen atoms in total. The molecule has 3 rings (SSSR count). The van der Waals surface area contributed by atoms with Gasteiger partial charge in [-0.05, 0) is 54.4 Å². The van der Waals surface area contributed by atoms with Gasteiger partial charge < -0.3 is 15.7 Å². The van der Waals surface area contributed by atoms with Gasteiger partial charge >= 0.3 is 12.0 Å². The van der Waals surface area contributed by atoms with E-state index in [1.165, 1.54) is 11.0 Å². The third-order valence-corrected chi connectivity index (χ3v) is 4.77. The molecule has 0 saturated heterocycles. The van der Waals surface area contributed by atoms with Crippen LogP contribution in [0.25, 0.3) is 5.69 Å². The summed E-state index contributed by atoms with van der Waals surface area (Å²) in [5.41, 5.74) is 2.41. The first kappa shape index (κ1) is 18.8. The van der Waals surface area contributed by atoms with E-state index >= 15 is 0 Å². The topological polar surface area (TPSA) is 125 Å². The Morgan fingerprint density at radius 1 is 1.37 bits per heavy atom. The fraction of sp³-hybridized carbons (Fsp3) is 0.471. The quantitative estimate of drug-likeness (QED) is 0.662. The van der Waals surface area contributed by atoms with Crippen molar-refractivity contribution in [2.75, 3.05) is 18.4 Å². The van der Waals surface area contributed by atoms with Crippen LogP contribution in [0.2, 0.25) is 0 Å². The molecule has 0 unspecified atom stereocenters. The Morgan fingerprint density at radius 2 is 2.15 bits per heavy atom. The number of carboxylic acid groups (broad SMARTS) is 1. The van der Waals surface area contributed by atoms with Crippen LogP contribution >= 0.6 is 0 Å². The van der Waals surface area contributed by atoms with Crippen molar-refractivity contribution in [1.82, 2.24) is 30.4 Å². The standard InChI is InChI=1S/C17H23N7O3/c1-3-23(9-16(25)26)14-6-13(7-14)20-17(27)19-12-5-4-11(2)15(8-12)24-10-18-21-22-24/h4-5,8,10,13-14H,3,6-7,9H2,1-2H3,(H,25,26)(H2,19,20,27). The largest absolute Gasteiger partial charge is 0.480 e. The van der Waals surface area contributed by atoms with Crippen molar-refractivity contribution in [3.05, 3.63) is 30.1 Å². The molecule has 0 radical (unpaired) electrons. The molecule has 10 heteroatoms. The van der Waals surface area contributed by atoms with Crippen LogP contribution in [0.4, 0.5) is 10.5 Å². The Kier molecular flexibility index (Phi) is 5.65. The van der Waals surface area contributed by atoms with E-state index in [0.717, 1.165) is 24.1 Å². The average molecular weight is 373 g/mol. The number of anilines is 1. The van der Waals surface area contributed by atoms with Crippen LogP contribution in [0.5, 0.6) is 0 Å². The van der Waals surface area contributed by atoms with Gasteiger partial charge in [-0.3, -0.25) is 9.69 Å². The smallest absolute Gasteiger partial charge is 0.319 e. The second-order valence-electron chi connectivity index (χ2n) is 6.63. The lowest BCUT2D eigenvalue weighted by molar-refractivity contribution is -0.139. The van der Waals surface area contributed by atoms with Crippen molar-refractivity contribution >= 4 is 17.7 Å². The highest BCUT2D eigenvalue weighted by atomic mass is 16.4. The zero-order valence-electron chi connectivity index (χ0n) is 15.3. The fourth-order valence-electron chi connectivity index (χ4n) is 3.23. The van der Waals surface area contributed by atoms with E-state index in [4.69, 9.17) is 5.11 Å². The first-order valence-corrected chi connectivity index (χ1v) is 8.83. The van der Waals surface area contributed by atoms with Crippen LogP contribution in [0, 0.1) is 6.92 Å². The Hall–Kier alpha value is -3.01. The normalized spacial score (nSPS) is 18.8. The maximum absolute atomic E-state index is 12.2. The third-order valence-electron chi connectivity index (χ3n) is 4.77. The molecule has 1 aliphatic rings. The summed E-state index contributed by atoms with van der Waals surface area (Å²) < 4.78 is 1.54. The molecule has 1 heterocycles. The highest BCUT2D eigenvalue weighted by Gasteiger charge is 2.34. The van der Waals surface area contributed by atoms with Crippen LogP contribution in [-0.2, 0) is 4.79 Å². The number of hydrogen-bond donors (Lipinski definition) is 3. The molecule has 0 bridgehead atoms. The summed E-state index contributed by atoms with van der Waals surface area (Å²) in [6.45, 7) is 4.59. The number of aliphatic carboxylic acids is 1. The zero-order chi connectivity index (χ0) is 19.4. The van der Waals surface area contributed by atoms with Gasteiger partial charge in [0.05, 0.1) is 12.2 Å². The number of urea groups is 1. The van der Waals surface area contributed by atoms with Crippen LogP contribution in [0.15, 0.2) is 24.5 Å². The van der Waals surface area contributed by atoms with Gasteiger partial charge in [-0.25, -0.2) is 9.48 Å². The van der Waals surface area contributed by atoms with Crippen LogP contribution in [-0.4, -0.2) is 67.4 Å². The van der Waals surface area contributed by atoms with Crippen molar-refractivity contribution in [3.63, 3.8) is 0 Å². The summed E-state index contributed by atoms with van der Waals surface area (Å²) >= 11 is 0. The van der Waals surface area contributed by atoms with Crippen molar-refractivity contribution in [3.8, 4) is 5.69 Å². The molecule has 0 spiro atoms. The van der Waals surface area contributed by atoms with Crippen LogP contribution < -0.4 is 10.6 Å². The number of amides is 2. The monoisotopic (exact) mass is 373 g/mol. The number of carbonyl (C=O) groups excluding carboxylic acids is 1. The second kappa shape index (κ2) is 8.12. The van der Waals surface area contributed by atoms with Gasteiger partial charge in [0, 0.05) is 17.8 Å². The molecular weight excluding hydrogens is 350 g/mol. The minimum Gasteiger partial charge on any atom is -0.480 e. The van der Waals surface area contributed by atoms with Crippen molar-refractivity contribution in [2.24, 2.45) is 0 Å². The average Bonchev–Trinajstić information content (AvgIpc) is 3.12. The minimum absolute atomic E-state index is 0.0311. The summed E-state index contributed by atoms with van der Waals surface area (Å²) in [6, 6.07) is 5.46. The van der Waals surface area contributed by atoms with Crippen molar-refractivity contribution in [2.45, 2.75) is 38.8 Å². The molecular formula is C17H23N7O3. The Labute approximate surface area is 156 Å². The molecule has 1 saturated carbocycles. The SMILES string of the molecule is CCN(CC(=O)O)C1CC(NC(=O)Nc2ccc(C)c(-n3cnnn3)c2)C1. The number of benzene rings is 1. The minimum atomic E-state index is -0.830. The third kappa shape index (κ3) is 4.59. The van der Waals surface area contributed by atoms with E-state index in [-0.39, 0.29) is 24.7 Å². The van der Waals surface area contributed by atoms with Crippen molar-refractivity contribution < 1.29 is 14.7 Å².